The van der Waals surface area contributed by atoms with Crippen molar-refractivity contribution in [1.29, 1.82) is 5.26 Å². The molecular formula is C20H32N2. The highest BCUT2D eigenvalue weighted by atomic mass is 14.7. The first kappa shape index (κ1) is 22.4. The maximum atomic E-state index is 9.19. The molecule has 2 nitrogen and oxygen atoms in total. The van der Waals surface area contributed by atoms with Crippen LogP contribution in [0.4, 0.5) is 0 Å². The molecule has 0 saturated carbocycles. The third kappa shape index (κ3) is 8.42. The first-order valence-corrected chi connectivity index (χ1v) is 8.00. The van der Waals surface area contributed by atoms with E-state index in [0.29, 0.717) is 0 Å². The molecule has 1 atom stereocenters. The third-order valence-electron chi connectivity index (χ3n) is 3.38. The van der Waals surface area contributed by atoms with E-state index >= 15 is 0 Å². The number of nitrogens with zero attached hydrogens (tertiary/aromatic N) is 2. The lowest BCUT2D eigenvalue weighted by Crippen LogP contribution is -2.08. The Morgan fingerprint density at radius 3 is 2.18 bits per heavy atom. The Morgan fingerprint density at radius 2 is 1.82 bits per heavy atom. The second-order valence-electron chi connectivity index (χ2n) is 5.19. The van der Waals surface area contributed by atoms with Gasteiger partial charge in [-0.1, -0.05) is 46.4 Å². The maximum Gasteiger partial charge on any atom is 0.0743 e. The smallest absolute Gasteiger partial charge is 0.0743 e. The van der Waals surface area contributed by atoms with Gasteiger partial charge in [0, 0.05) is 5.70 Å². The summed E-state index contributed by atoms with van der Waals surface area (Å²) in [6.07, 6.45) is 7.30. The van der Waals surface area contributed by atoms with Gasteiger partial charge in [0.05, 0.1) is 17.2 Å². The monoisotopic (exact) mass is 300 g/mol. The third-order valence-corrected chi connectivity index (χ3v) is 3.38. The lowest BCUT2D eigenvalue weighted by Gasteiger charge is -2.14. The zero-order chi connectivity index (χ0) is 17.8. The molecule has 2 heteroatoms. The Hall–Kier alpha value is -1.88. The van der Waals surface area contributed by atoms with Gasteiger partial charge in [-0.05, 0) is 57.4 Å². The van der Waals surface area contributed by atoms with Crippen LogP contribution in [0.5, 0.6) is 0 Å². The van der Waals surface area contributed by atoms with Crippen LogP contribution in [0.3, 0.4) is 0 Å². The maximum absolute atomic E-state index is 9.19. The van der Waals surface area contributed by atoms with Gasteiger partial charge in [0.25, 0.3) is 0 Å². The van der Waals surface area contributed by atoms with Crippen molar-refractivity contribution < 1.29 is 0 Å². The van der Waals surface area contributed by atoms with Crippen LogP contribution in [0.1, 0.15) is 61.3 Å². The van der Waals surface area contributed by atoms with Gasteiger partial charge in [-0.15, -0.1) is 0 Å². The summed E-state index contributed by atoms with van der Waals surface area (Å²) in [6.45, 7) is 21.7. The summed E-state index contributed by atoms with van der Waals surface area (Å²) in [6, 6.07) is 2.32. The van der Waals surface area contributed by atoms with E-state index in [4.69, 9.17) is 0 Å². The van der Waals surface area contributed by atoms with Gasteiger partial charge < -0.3 is 0 Å². The summed E-state index contributed by atoms with van der Waals surface area (Å²) in [5.74, 6) is 0. The molecule has 0 aromatic heterocycles. The predicted molar refractivity (Wildman–Crippen MR) is 99.9 cm³/mol. The second kappa shape index (κ2) is 11.7. The van der Waals surface area contributed by atoms with Crippen molar-refractivity contribution in [2.24, 2.45) is 10.4 Å². The minimum atomic E-state index is -0.467. The molecular weight excluding hydrogens is 268 g/mol. The molecule has 0 aliphatic rings. The molecule has 0 N–H and O–H groups in total. The molecule has 0 aliphatic carbocycles. The molecule has 0 aromatic rings. The van der Waals surface area contributed by atoms with Crippen molar-refractivity contribution in [3.8, 4) is 6.07 Å². The van der Waals surface area contributed by atoms with Crippen LogP contribution in [0, 0.1) is 16.7 Å². The number of aliphatic imine (C=N–C) groups is 1. The second-order valence-corrected chi connectivity index (χ2v) is 5.19. The average molecular weight is 300 g/mol. The van der Waals surface area contributed by atoms with Crippen LogP contribution in [0.15, 0.2) is 53.2 Å². The summed E-state index contributed by atoms with van der Waals surface area (Å²) < 4.78 is 0. The van der Waals surface area contributed by atoms with Crippen LogP contribution in [-0.2, 0) is 0 Å². The van der Waals surface area contributed by atoms with Crippen LogP contribution in [0.2, 0.25) is 0 Å². The van der Waals surface area contributed by atoms with Crippen molar-refractivity contribution in [1.82, 2.24) is 0 Å². The highest BCUT2D eigenvalue weighted by Gasteiger charge is 2.17. The van der Waals surface area contributed by atoms with Gasteiger partial charge in [-0.2, -0.15) is 5.26 Å². The number of hydrogen-bond donors (Lipinski definition) is 0. The van der Waals surface area contributed by atoms with Gasteiger partial charge in [-0.25, -0.2) is 0 Å². The molecule has 0 aliphatic heterocycles. The quantitative estimate of drug-likeness (QED) is 0.396. The van der Waals surface area contributed by atoms with Crippen molar-refractivity contribution >= 4 is 5.71 Å². The Balaban J connectivity index is 0. The van der Waals surface area contributed by atoms with E-state index in [0.717, 1.165) is 35.4 Å². The fourth-order valence-corrected chi connectivity index (χ4v) is 1.65. The fraction of sp³-hybridized carbons (Fsp3) is 0.500. The van der Waals surface area contributed by atoms with E-state index < -0.39 is 5.41 Å². The van der Waals surface area contributed by atoms with Crippen molar-refractivity contribution in [3.63, 3.8) is 0 Å². The molecule has 0 bridgehead atoms. The predicted octanol–water partition coefficient (Wildman–Crippen LogP) is 6.40. The molecule has 22 heavy (non-hydrogen) atoms. The summed E-state index contributed by atoms with van der Waals surface area (Å²) in [4.78, 5) is 4.52. The van der Waals surface area contributed by atoms with Gasteiger partial charge in [0.15, 0.2) is 0 Å². The van der Waals surface area contributed by atoms with E-state index in [1.165, 1.54) is 0 Å². The summed E-state index contributed by atoms with van der Waals surface area (Å²) >= 11 is 0. The topological polar surface area (TPSA) is 36.1 Å². The summed E-state index contributed by atoms with van der Waals surface area (Å²) in [5, 5.41) is 9.19. The standard InChI is InChI=1S/C18H26N2.C2H6/c1-8-14(4)15(5)11-17(9-2)20-16(6)12-18(7,10-3)13-19;1-2/h9,11-12H,2,4,8,10H2,1,3,5-7H3;1-2H3/b15-11+,16-12+,20-17+;. The SMILES string of the molecule is C=CC(/C=C(\C)C(=C)CC)=N\C(C)=C\C(C)(C#N)CC.CC. The molecule has 0 radical (unpaired) electrons. The Labute approximate surface area is 137 Å². The number of hydrogen-bond acceptors (Lipinski definition) is 2. The van der Waals surface area contributed by atoms with Crippen molar-refractivity contribution in [2.45, 2.75) is 61.3 Å². The average Bonchev–Trinajstić information content (AvgIpc) is 2.54. The Kier molecular flexibility index (Phi) is 12.0. The highest BCUT2D eigenvalue weighted by molar-refractivity contribution is 6.04. The molecule has 0 rings (SSSR count). The fourth-order valence-electron chi connectivity index (χ4n) is 1.65. The largest absolute Gasteiger partial charge is 0.254 e. The first-order chi connectivity index (χ1) is 10.3. The molecule has 1 unspecified atom stereocenters. The molecule has 0 aromatic carbocycles. The van der Waals surface area contributed by atoms with E-state index in [-0.39, 0.29) is 0 Å². The van der Waals surface area contributed by atoms with Crippen LogP contribution in [-0.4, -0.2) is 5.71 Å². The molecule has 122 valence electrons. The van der Waals surface area contributed by atoms with Gasteiger partial charge in [-0.3, -0.25) is 4.99 Å². The number of allylic oxidation sites excluding steroid dienone is 6. The van der Waals surface area contributed by atoms with Crippen LogP contribution >= 0.6 is 0 Å². The number of rotatable bonds is 7. The van der Waals surface area contributed by atoms with Gasteiger partial charge in [0.2, 0.25) is 0 Å². The van der Waals surface area contributed by atoms with Crippen LogP contribution in [0.25, 0.3) is 0 Å². The normalized spacial score (nSPS) is 15.1. The summed E-state index contributed by atoms with van der Waals surface area (Å²) in [7, 11) is 0. The molecule has 0 heterocycles. The Morgan fingerprint density at radius 1 is 1.27 bits per heavy atom. The van der Waals surface area contributed by atoms with Crippen molar-refractivity contribution in [3.05, 3.63) is 48.2 Å². The molecule has 0 amide bonds. The van der Waals surface area contributed by atoms with E-state index in [2.05, 4.69) is 31.1 Å². The lowest BCUT2D eigenvalue weighted by atomic mass is 9.88. The van der Waals surface area contributed by atoms with Crippen LogP contribution < -0.4 is 0 Å². The van der Waals surface area contributed by atoms with E-state index in [1.807, 2.05) is 53.7 Å². The number of nitriles is 1. The Bertz CT molecular complexity index is 498. The van der Waals surface area contributed by atoms with Gasteiger partial charge in [0.1, 0.15) is 0 Å². The molecule has 0 spiro atoms. The van der Waals surface area contributed by atoms with E-state index in [1.54, 1.807) is 6.08 Å². The minimum absolute atomic E-state index is 0.467. The van der Waals surface area contributed by atoms with Crippen molar-refractivity contribution in [2.75, 3.05) is 0 Å². The molecule has 0 fully saturated rings. The van der Waals surface area contributed by atoms with E-state index in [9.17, 15) is 5.26 Å². The molecule has 0 saturated heterocycles. The zero-order valence-corrected chi connectivity index (χ0v) is 15.5. The summed E-state index contributed by atoms with van der Waals surface area (Å²) in [5.41, 5.74) is 3.36. The minimum Gasteiger partial charge on any atom is -0.254 e. The lowest BCUT2D eigenvalue weighted by molar-refractivity contribution is 0.541. The highest BCUT2D eigenvalue weighted by Crippen LogP contribution is 2.23. The zero-order valence-electron chi connectivity index (χ0n) is 15.5. The van der Waals surface area contributed by atoms with Gasteiger partial charge >= 0.3 is 0 Å². The first-order valence-electron chi connectivity index (χ1n) is 8.00.